The van der Waals surface area contributed by atoms with Crippen molar-refractivity contribution in [3.63, 3.8) is 0 Å². The number of aromatic carboxylic acids is 1. The molecule has 8 heteroatoms. The first kappa shape index (κ1) is 17.5. The average Bonchev–Trinajstić information content (AvgIpc) is 2.91. The molecule has 0 atom stereocenters. The molecule has 6 nitrogen and oxygen atoms in total. The van der Waals surface area contributed by atoms with Crippen molar-refractivity contribution in [2.75, 3.05) is 0 Å². The molecule has 1 aromatic heterocycles. The number of carbonyl (C=O) groups is 1. The maximum atomic E-state index is 12.5. The van der Waals surface area contributed by atoms with Gasteiger partial charge in [-0.3, -0.25) is 0 Å². The van der Waals surface area contributed by atoms with E-state index in [1.165, 1.54) is 25.1 Å². The highest BCUT2D eigenvalue weighted by Gasteiger charge is 2.18. The molecule has 1 heterocycles. The first-order valence-electron chi connectivity index (χ1n) is 7.27. The summed E-state index contributed by atoms with van der Waals surface area (Å²) in [5.74, 6) is -1.76. The van der Waals surface area contributed by atoms with E-state index in [2.05, 4.69) is 4.72 Å². The number of hydrogen-bond acceptors (Lipinski definition) is 5. The van der Waals surface area contributed by atoms with Crippen molar-refractivity contribution in [1.82, 2.24) is 4.72 Å². The second-order valence-corrected chi connectivity index (χ2v) is 7.59. The maximum absolute atomic E-state index is 12.5. The smallest absolute Gasteiger partial charge is 0.240 e. The molecule has 1 N–H and O–H groups in total. The van der Waals surface area contributed by atoms with Crippen molar-refractivity contribution < 1.29 is 22.7 Å². The number of fused-ring (bicyclic) bond motifs is 1. The molecule has 3 rings (SSSR count). The third-order valence-electron chi connectivity index (χ3n) is 3.81. The molecule has 0 aliphatic heterocycles. The van der Waals surface area contributed by atoms with Crippen LogP contribution in [-0.4, -0.2) is 14.4 Å². The molecular weight excluding hydrogens is 366 g/mol. The van der Waals surface area contributed by atoms with Crippen molar-refractivity contribution >= 4 is 38.6 Å². The average molecular weight is 379 g/mol. The number of sulfonamides is 1. The molecule has 0 saturated heterocycles. The molecule has 3 aromatic rings. The Morgan fingerprint density at radius 3 is 2.64 bits per heavy atom. The summed E-state index contributed by atoms with van der Waals surface area (Å²) in [6.45, 7) is 1.57. The summed E-state index contributed by atoms with van der Waals surface area (Å²) in [6, 6.07) is 11.0. The van der Waals surface area contributed by atoms with Crippen LogP contribution in [0.3, 0.4) is 0 Å². The van der Waals surface area contributed by atoms with Gasteiger partial charge in [0.15, 0.2) is 5.76 Å². The number of rotatable bonds is 5. The minimum Gasteiger partial charge on any atom is -0.542 e. The Morgan fingerprint density at radius 2 is 1.96 bits per heavy atom. The molecule has 25 heavy (non-hydrogen) atoms. The Hall–Kier alpha value is -2.35. The number of aryl methyl sites for hydroxylation is 1. The van der Waals surface area contributed by atoms with E-state index in [1.807, 2.05) is 0 Å². The topological polar surface area (TPSA) is 99.4 Å². The number of carbonyl (C=O) groups excluding carboxylic acids is 1. The summed E-state index contributed by atoms with van der Waals surface area (Å²) in [4.78, 5) is 11.0. The van der Waals surface area contributed by atoms with E-state index < -0.39 is 16.0 Å². The van der Waals surface area contributed by atoms with Crippen LogP contribution in [0, 0.1) is 6.92 Å². The Labute approximate surface area is 149 Å². The Kier molecular flexibility index (Phi) is 4.55. The van der Waals surface area contributed by atoms with Crippen molar-refractivity contribution in [3.8, 4) is 0 Å². The summed E-state index contributed by atoms with van der Waals surface area (Å²) in [7, 11) is -3.81. The molecule has 0 fully saturated rings. The third-order valence-corrected chi connectivity index (χ3v) is 5.58. The fourth-order valence-electron chi connectivity index (χ4n) is 2.46. The highest BCUT2D eigenvalue weighted by Crippen LogP contribution is 2.27. The van der Waals surface area contributed by atoms with E-state index >= 15 is 0 Å². The van der Waals surface area contributed by atoms with Gasteiger partial charge >= 0.3 is 0 Å². The van der Waals surface area contributed by atoms with E-state index in [0.29, 0.717) is 21.5 Å². The van der Waals surface area contributed by atoms with Crippen LogP contribution in [0.2, 0.25) is 5.02 Å². The van der Waals surface area contributed by atoms with Crippen LogP contribution >= 0.6 is 11.6 Å². The second kappa shape index (κ2) is 6.51. The number of nitrogens with one attached hydrogen (secondary N) is 1. The van der Waals surface area contributed by atoms with Crippen LogP contribution in [0.15, 0.2) is 51.8 Å². The highest BCUT2D eigenvalue weighted by atomic mass is 35.5. The number of carboxylic acids is 1. The van der Waals surface area contributed by atoms with Crippen LogP contribution in [0.1, 0.15) is 21.7 Å². The minimum absolute atomic E-state index is 0.000788. The monoisotopic (exact) mass is 378 g/mol. The number of furan rings is 1. The van der Waals surface area contributed by atoms with E-state index in [9.17, 15) is 18.3 Å². The quantitative estimate of drug-likeness (QED) is 0.733. The molecule has 0 spiro atoms. The van der Waals surface area contributed by atoms with E-state index in [4.69, 9.17) is 16.0 Å². The zero-order chi connectivity index (χ0) is 18.2. The van der Waals surface area contributed by atoms with Crippen LogP contribution < -0.4 is 9.83 Å². The molecule has 0 amide bonds. The Bertz CT molecular complexity index is 1070. The standard InChI is InChI=1S/C17H14ClNO5S/c1-10-13-8-12(6-7-15(13)24-16(10)17(20)21)25(22,23)19-9-11-4-2-3-5-14(11)18/h2-8,19H,9H2,1H3,(H,20,21)/p-1. The molecule has 0 saturated carbocycles. The number of carboxylic acid groups (broad SMARTS) is 1. The van der Waals surface area contributed by atoms with Gasteiger partial charge in [0.05, 0.1) is 4.90 Å². The number of halogens is 1. The van der Waals surface area contributed by atoms with E-state index in [0.717, 1.165) is 0 Å². The second-order valence-electron chi connectivity index (χ2n) is 5.42. The highest BCUT2D eigenvalue weighted by molar-refractivity contribution is 7.89. The van der Waals surface area contributed by atoms with Gasteiger partial charge in [0, 0.05) is 22.5 Å². The van der Waals surface area contributed by atoms with E-state index in [1.54, 1.807) is 24.3 Å². The summed E-state index contributed by atoms with van der Waals surface area (Å²) in [5.41, 5.74) is 1.24. The van der Waals surface area contributed by atoms with Gasteiger partial charge in [-0.25, -0.2) is 13.1 Å². The Morgan fingerprint density at radius 1 is 1.24 bits per heavy atom. The maximum Gasteiger partial charge on any atom is 0.240 e. The SMILES string of the molecule is Cc1c(C(=O)[O-])oc2ccc(S(=O)(=O)NCc3ccccc3Cl)cc12. The van der Waals surface area contributed by atoms with Gasteiger partial charge in [0.2, 0.25) is 10.0 Å². The lowest BCUT2D eigenvalue weighted by atomic mass is 10.1. The molecule has 0 bridgehead atoms. The first-order chi connectivity index (χ1) is 11.8. The van der Waals surface area contributed by atoms with Gasteiger partial charge in [0.1, 0.15) is 11.6 Å². The molecule has 0 aliphatic rings. The van der Waals surface area contributed by atoms with Gasteiger partial charge in [-0.05, 0) is 36.8 Å². The summed E-state index contributed by atoms with van der Waals surface area (Å²) in [5, 5.41) is 11.9. The van der Waals surface area contributed by atoms with Crippen molar-refractivity contribution in [2.45, 2.75) is 18.4 Å². The number of benzene rings is 2. The summed E-state index contributed by atoms with van der Waals surface area (Å²) < 4.78 is 32.7. The van der Waals surface area contributed by atoms with Crippen molar-refractivity contribution in [3.05, 3.63) is 64.4 Å². The Balaban J connectivity index is 1.93. The predicted octanol–water partition coefficient (Wildman–Crippen LogP) is 2.24. The van der Waals surface area contributed by atoms with Crippen LogP contribution in [0.4, 0.5) is 0 Å². The van der Waals surface area contributed by atoms with Crippen LogP contribution in [-0.2, 0) is 16.6 Å². The third kappa shape index (κ3) is 3.39. The zero-order valence-electron chi connectivity index (χ0n) is 13.1. The molecular formula is C17H13ClNO5S-. The lowest BCUT2D eigenvalue weighted by Gasteiger charge is -2.08. The van der Waals surface area contributed by atoms with Crippen LogP contribution in [0.25, 0.3) is 11.0 Å². The largest absolute Gasteiger partial charge is 0.542 e. The van der Waals surface area contributed by atoms with Gasteiger partial charge in [-0.2, -0.15) is 0 Å². The zero-order valence-corrected chi connectivity index (χ0v) is 14.6. The van der Waals surface area contributed by atoms with Crippen molar-refractivity contribution in [1.29, 1.82) is 0 Å². The molecule has 0 radical (unpaired) electrons. The minimum atomic E-state index is -3.81. The van der Waals surface area contributed by atoms with Crippen molar-refractivity contribution in [2.24, 2.45) is 0 Å². The predicted molar refractivity (Wildman–Crippen MR) is 90.8 cm³/mol. The van der Waals surface area contributed by atoms with Gasteiger partial charge in [-0.15, -0.1) is 0 Å². The first-order valence-corrected chi connectivity index (χ1v) is 9.13. The van der Waals surface area contributed by atoms with Gasteiger partial charge < -0.3 is 14.3 Å². The molecule has 2 aromatic carbocycles. The number of hydrogen-bond donors (Lipinski definition) is 1. The van der Waals surface area contributed by atoms with Crippen LogP contribution in [0.5, 0.6) is 0 Å². The fourth-order valence-corrected chi connectivity index (χ4v) is 3.69. The van der Waals surface area contributed by atoms with E-state index in [-0.39, 0.29) is 22.8 Å². The van der Waals surface area contributed by atoms with Gasteiger partial charge in [-0.1, -0.05) is 29.8 Å². The summed E-state index contributed by atoms with van der Waals surface area (Å²) >= 11 is 6.02. The molecule has 130 valence electrons. The lowest BCUT2D eigenvalue weighted by molar-refractivity contribution is -0.257. The lowest BCUT2D eigenvalue weighted by Crippen LogP contribution is -2.23. The molecule has 0 unspecified atom stereocenters. The summed E-state index contributed by atoms with van der Waals surface area (Å²) in [6.07, 6.45) is 0. The fraction of sp³-hybridized carbons (Fsp3) is 0.118. The molecule has 0 aliphatic carbocycles. The normalized spacial score (nSPS) is 11.8. The van der Waals surface area contributed by atoms with Gasteiger partial charge in [0.25, 0.3) is 0 Å².